The van der Waals surface area contributed by atoms with Gasteiger partial charge in [0, 0.05) is 42.1 Å². The van der Waals surface area contributed by atoms with Crippen LogP contribution in [0.15, 0.2) is 48.9 Å². The van der Waals surface area contributed by atoms with Gasteiger partial charge in [0.15, 0.2) is 0 Å². The van der Waals surface area contributed by atoms with E-state index in [1.807, 2.05) is 18.2 Å². The number of nitrogens with one attached hydrogen (secondary N) is 1. The fourth-order valence-electron chi connectivity index (χ4n) is 4.30. The first-order valence-electron chi connectivity index (χ1n) is 10.4. The molecule has 152 valence electrons. The fourth-order valence-corrected chi connectivity index (χ4v) is 4.30. The minimum Gasteiger partial charge on any atom is -0.354 e. The van der Waals surface area contributed by atoms with E-state index in [9.17, 15) is 4.39 Å². The summed E-state index contributed by atoms with van der Waals surface area (Å²) in [6.45, 7) is 3.18. The van der Waals surface area contributed by atoms with Crippen molar-refractivity contribution in [3.63, 3.8) is 0 Å². The third kappa shape index (κ3) is 3.30. The lowest BCUT2D eigenvalue weighted by atomic mass is 10.0. The van der Waals surface area contributed by atoms with E-state index < -0.39 is 5.95 Å². The topological polar surface area (TPSA) is 70.6 Å². The molecule has 0 unspecified atom stereocenters. The van der Waals surface area contributed by atoms with Crippen LogP contribution in [0.1, 0.15) is 32.6 Å². The molecule has 0 aromatic carbocycles. The molecule has 7 heteroatoms. The van der Waals surface area contributed by atoms with Gasteiger partial charge in [0.1, 0.15) is 17.0 Å². The average Bonchev–Trinajstić information content (AvgIpc) is 3.21. The zero-order valence-electron chi connectivity index (χ0n) is 16.8. The number of nitrogens with zero attached hydrogens (tertiary/aromatic N) is 5. The standard InChI is InChI=1S/C23H23FN6/c1-15-6-3-2-4-13-30(15)20-14-18(17-7-5-10-26-23(17)24)16-8-11-25-22(21(16)28-20)19-9-12-27-29-19/h5,7-12,14-15H,2-4,6,13H2,1H3,(H,27,29)/t15-/m1/s1. The second kappa shape index (κ2) is 7.82. The van der Waals surface area contributed by atoms with E-state index in [1.54, 1.807) is 24.5 Å². The molecule has 0 amide bonds. The molecule has 1 aliphatic heterocycles. The molecule has 1 fully saturated rings. The van der Waals surface area contributed by atoms with Gasteiger partial charge in [-0.25, -0.2) is 9.97 Å². The minimum absolute atomic E-state index is 0.372. The first-order chi connectivity index (χ1) is 14.7. The van der Waals surface area contributed by atoms with Gasteiger partial charge in [-0.15, -0.1) is 0 Å². The van der Waals surface area contributed by atoms with Gasteiger partial charge in [-0.05, 0) is 55.7 Å². The molecule has 1 saturated heterocycles. The minimum atomic E-state index is -0.486. The van der Waals surface area contributed by atoms with Crippen molar-refractivity contribution in [3.05, 3.63) is 54.9 Å². The largest absolute Gasteiger partial charge is 0.354 e. The predicted octanol–water partition coefficient (Wildman–Crippen LogP) is 4.99. The Balaban J connectivity index is 1.79. The smallest absolute Gasteiger partial charge is 0.220 e. The number of aromatic amines is 1. The number of H-pyrrole nitrogens is 1. The molecular formula is C23H23FN6. The van der Waals surface area contributed by atoms with Crippen molar-refractivity contribution in [3.8, 4) is 22.5 Å². The molecule has 6 nitrogen and oxygen atoms in total. The van der Waals surface area contributed by atoms with Gasteiger partial charge in [0.2, 0.25) is 5.95 Å². The van der Waals surface area contributed by atoms with Crippen LogP contribution in [0.3, 0.4) is 0 Å². The zero-order valence-corrected chi connectivity index (χ0v) is 16.8. The van der Waals surface area contributed by atoms with Gasteiger partial charge in [-0.1, -0.05) is 12.8 Å². The lowest BCUT2D eigenvalue weighted by Gasteiger charge is -2.29. The van der Waals surface area contributed by atoms with Crippen LogP contribution in [0.5, 0.6) is 0 Å². The summed E-state index contributed by atoms with van der Waals surface area (Å²) in [4.78, 5) is 15.8. The molecule has 30 heavy (non-hydrogen) atoms. The molecule has 4 aromatic heterocycles. The number of aromatic nitrogens is 5. The van der Waals surface area contributed by atoms with Crippen molar-refractivity contribution < 1.29 is 4.39 Å². The number of hydrogen-bond acceptors (Lipinski definition) is 5. The Morgan fingerprint density at radius 3 is 2.80 bits per heavy atom. The molecule has 1 N–H and O–H groups in total. The van der Waals surface area contributed by atoms with Gasteiger partial charge in [0.25, 0.3) is 0 Å². The van der Waals surface area contributed by atoms with E-state index in [0.717, 1.165) is 47.4 Å². The first kappa shape index (κ1) is 18.7. The van der Waals surface area contributed by atoms with Gasteiger partial charge in [-0.2, -0.15) is 9.49 Å². The van der Waals surface area contributed by atoms with E-state index in [1.165, 1.54) is 19.0 Å². The quantitative estimate of drug-likeness (QED) is 0.489. The molecule has 1 aliphatic rings. The van der Waals surface area contributed by atoms with Gasteiger partial charge in [-0.3, -0.25) is 10.1 Å². The van der Waals surface area contributed by atoms with Crippen LogP contribution in [0.2, 0.25) is 0 Å². The van der Waals surface area contributed by atoms with Crippen LogP contribution in [0.25, 0.3) is 33.4 Å². The van der Waals surface area contributed by atoms with E-state index in [-0.39, 0.29) is 0 Å². The van der Waals surface area contributed by atoms with E-state index in [0.29, 0.717) is 17.3 Å². The highest BCUT2D eigenvalue weighted by Crippen LogP contribution is 2.36. The highest BCUT2D eigenvalue weighted by Gasteiger charge is 2.22. The summed E-state index contributed by atoms with van der Waals surface area (Å²) in [5, 5.41) is 7.89. The van der Waals surface area contributed by atoms with Crippen molar-refractivity contribution in [1.29, 1.82) is 0 Å². The van der Waals surface area contributed by atoms with Crippen LogP contribution in [0, 0.1) is 5.95 Å². The lowest BCUT2D eigenvalue weighted by molar-refractivity contribution is 0.587. The van der Waals surface area contributed by atoms with Crippen molar-refractivity contribution in [2.75, 3.05) is 11.4 Å². The number of hydrogen-bond donors (Lipinski definition) is 1. The molecule has 4 aromatic rings. The molecule has 0 aliphatic carbocycles. The van der Waals surface area contributed by atoms with Crippen molar-refractivity contribution in [1.82, 2.24) is 25.1 Å². The summed E-state index contributed by atoms with van der Waals surface area (Å²) < 4.78 is 14.7. The molecule has 0 bridgehead atoms. The van der Waals surface area contributed by atoms with Gasteiger partial charge >= 0.3 is 0 Å². The summed E-state index contributed by atoms with van der Waals surface area (Å²) in [6, 6.07) is 9.66. The third-order valence-corrected chi connectivity index (χ3v) is 5.87. The number of pyridine rings is 3. The van der Waals surface area contributed by atoms with Crippen LogP contribution in [-0.2, 0) is 0 Å². The highest BCUT2D eigenvalue weighted by molar-refractivity contribution is 6.01. The molecule has 0 saturated carbocycles. The Bertz CT molecular complexity index is 1170. The van der Waals surface area contributed by atoms with Crippen LogP contribution in [0.4, 0.5) is 10.2 Å². The summed E-state index contributed by atoms with van der Waals surface area (Å²) in [6.07, 6.45) is 9.58. The van der Waals surface area contributed by atoms with E-state index in [4.69, 9.17) is 4.98 Å². The van der Waals surface area contributed by atoms with Crippen molar-refractivity contribution >= 4 is 16.7 Å². The molecular weight excluding hydrogens is 379 g/mol. The summed E-state index contributed by atoms with van der Waals surface area (Å²) in [5.74, 6) is 0.365. The third-order valence-electron chi connectivity index (χ3n) is 5.87. The fraction of sp³-hybridized carbons (Fsp3) is 0.304. The average molecular weight is 402 g/mol. The number of anilines is 1. The van der Waals surface area contributed by atoms with Crippen molar-refractivity contribution in [2.45, 2.75) is 38.6 Å². The monoisotopic (exact) mass is 402 g/mol. The zero-order chi connectivity index (χ0) is 20.5. The molecule has 5 heterocycles. The van der Waals surface area contributed by atoms with E-state index >= 15 is 0 Å². The maximum Gasteiger partial charge on any atom is 0.220 e. The lowest BCUT2D eigenvalue weighted by Crippen LogP contribution is -2.33. The SMILES string of the molecule is C[C@@H]1CCCCCN1c1cc(-c2cccnc2F)c2ccnc(-c3ccn[nH]3)c2n1. The number of fused-ring (bicyclic) bond motifs is 1. The first-order valence-corrected chi connectivity index (χ1v) is 10.4. The number of halogens is 1. The predicted molar refractivity (Wildman–Crippen MR) is 116 cm³/mol. The van der Waals surface area contributed by atoms with Crippen LogP contribution < -0.4 is 4.90 Å². The molecule has 1 atom stereocenters. The Morgan fingerprint density at radius 2 is 1.97 bits per heavy atom. The Morgan fingerprint density at radius 1 is 1.03 bits per heavy atom. The Kier molecular flexibility index (Phi) is 4.86. The molecule has 5 rings (SSSR count). The number of rotatable bonds is 3. The highest BCUT2D eigenvalue weighted by atomic mass is 19.1. The van der Waals surface area contributed by atoms with Gasteiger partial charge < -0.3 is 4.90 Å². The molecule has 0 spiro atoms. The van der Waals surface area contributed by atoms with Crippen LogP contribution in [-0.4, -0.2) is 37.7 Å². The van der Waals surface area contributed by atoms with Crippen LogP contribution >= 0.6 is 0 Å². The summed E-state index contributed by atoms with van der Waals surface area (Å²) in [7, 11) is 0. The Labute approximate surface area is 174 Å². The maximum absolute atomic E-state index is 14.7. The Hall–Kier alpha value is -3.35. The van der Waals surface area contributed by atoms with Gasteiger partial charge in [0.05, 0.1) is 5.69 Å². The van der Waals surface area contributed by atoms with E-state index in [2.05, 4.69) is 32.0 Å². The summed E-state index contributed by atoms with van der Waals surface area (Å²) >= 11 is 0. The second-order valence-corrected chi connectivity index (χ2v) is 7.79. The second-order valence-electron chi connectivity index (χ2n) is 7.79. The van der Waals surface area contributed by atoms with Crippen molar-refractivity contribution in [2.24, 2.45) is 0 Å². The molecule has 0 radical (unpaired) electrons. The maximum atomic E-state index is 14.7. The summed E-state index contributed by atoms with van der Waals surface area (Å²) in [5.41, 5.74) is 3.47. The normalized spacial score (nSPS) is 17.3.